The van der Waals surface area contributed by atoms with E-state index in [0.29, 0.717) is 0 Å². The molecule has 1 aromatic carbocycles. The number of nitrogens with two attached hydrogens (primary N) is 1. The highest BCUT2D eigenvalue weighted by Crippen LogP contribution is 2.29. The lowest BCUT2D eigenvalue weighted by Gasteiger charge is -2.26. The Morgan fingerprint density at radius 1 is 1.39 bits per heavy atom. The van der Waals surface area contributed by atoms with E-state index in [1.807, 2.05) is 0 Å². The maximum absolute atomic E-state index is 12.8. The lowest BCUT2D eigenvalue weighted by atomic mass is 10.1. The molecule has 6 heteroatoms. The molecule has 98 valence electrons. The standard InChI is InChI=1S/C12H13F3N2O/c1-2-9(17)11(12(13,14)15)18-10-6-4-3-5-8(10)7-16/h3-6,9,11H,2,17H2,1H3. The van der Waals surface area contributed by atoms with Crippen molar-refractivity contribution in [2.24, 2.45) is 5.73 Å². The number of alkyl halides is 3. The van der Waals surface area contributed by atoms with E-state index >= 15 is 0 Å². The minimum absolute atomic E-state index is 0.0510. The highest BCUT2D eigenvalue weighted by atomic mass is 19.4. The molecular weight excluding hydrogens is 245 g/mol. The first-order chi connectivity index (χ1) is 8.40. The third-order valence-corrected chi connectivity index (χ3v) is 2.44. The van der Waals surface area contributed by atoms with Crippen molar-refractivity contribution in [3.8, 4) is 11.8 Å². The van der Waals surface area contributed by atoms with Crippen LogP contribution in [0.4, 0.5) is 13.2 Å². The number of hydrogen-bond acceptors (Lipinski definition) is 3. The average molecular weight is 258 g/mol. The zero-order valence-corrected chi connectivity index (χ0v) is 9.74. The number of ether oxygens (including phenoxy) is 1. The van der Waals surface area contributed by atoms with E-state index in [9.17, 15) is 13.2 Å². The second-order valence-corrected chi connectivity index (χ2v) is 3.76. The molecular formula is C12H13F3N2O. The van der Waals surface area contributed by atoms with E-state index in [4.69, 9.17) is 15.7 Å². The molecule has 0 aromatic heterocycles. The molecule has 0 saturated carbocycles. The van der Waals surface area contributed by atoms with Crippen LogP contribution in [0, 0.1) is 11.3 Å². The van der Waals surface area contributed by atoms with Crippen LogP contribution >= 0.6 is 0 Å². The molecule has 0 aliphatic rings. The van der Waals surface area contributed by atoms with Crippen molar-refractivity contribution in [2.45, 2.75) is 31.7 Å². The Morgan fingerprint density at radius 3 is 2.50 bits per heavy atom. The average Bonchev–Trinajstić information content (AvgIpc) is 2.34. The molecule has 0 aliphatic heterocycles. The van der Waals surface area contributed by atoms with Gasteiger partial charge in [-0.15, -0.1) is 0 Å². The van der Waals surface area contributed by atoms with E-state index in [2.05, 4.69) is 0 Å². The topological polar surface area (TPSA) is 59.0 Å². The molecule has 0 heterocycles. The summed E-state index contributed by atoms with van der Waals surface area (Å²) in [5, 5.41) is 8.79. The summed E-state index contributed by atoms with van der Waals surface area (Å²) in [6.45, 7) is 1.54. The summed E-state index contributed by atoms with van der Waals surface area (Å²) in [5.74, 6) is -0.105. The number of halogens is 3. The summed E-state index contributed by atoms with van der Waals surface area (Å²) in [6.07, 6.45) is -6.56. The van der Waals surface area contributed by atoms with Crippen molar-refractivity contribution in [3.63, 3.8) is 0 Å². The fraction of sp³-hybridized carbons (Fsp3) is 0.417. The fourth-order valence-corrected chi connectivity index (χ4v) is 1.41. The van der Waals surface area contributed by atoms with Gasteiger partial charge >= 0.3 is 6.18 Å². The predicted octanol–water partition coefficient (Wildman–Crippen LogP) is 2.61. The summed E-state index contributed by atoms with van der Waals surface area (Å²) in [7, 11) is 0. The summed E-state index contributed by atoms with van der Waals surface area (Å²) < 4.78 is 43.3. The van der Waals surface area contributed by atoms with Crippen molar-refractivity contribution in [1.82, 2.24) is 0 Å². The molecule has 1 aromatic rings. The Labute approximate surface area is 103 Å². The highest BCUT2D eigenvalue weighted by Gasteiger charge is 2.45. The highest BCUT2D eigenvalue weighted by molar-refractivity contribution is 5.42. The Hall–Kier alpha value is -1.74. The molecule has 2 N–H and O–H groups in total. The number of hydrogen-bond donors (Lipinski definition) is 1. The molecule has 0 amide bonds. The molecule has 0 saturated heterocycles. The summed E-state index contributed by atoms with van der Waals surface area (Å²) in [4.78, 5) is 0. The number of rotatable bonds is 4. The van der Waals surface area contributed by atoms with E-state index in [1.54, 1.807) is 19.1 Å². The SMILES string of the molecule is CCC(N)C(Oc1ccccc1C#N)C(F)(F)F. The number of para-hydroxylation sites is 1. The molecule has 2 atom stereocenters. The molecule has 18 heavy (non-hydrogen) atoms. The van der Waals surface area contributed by atoms with Gasteiger partial charge in [0.25, 0.3) is 0 Å². The van der Waals surface area contributed by atoms with Crippen molar-refractivity contribution in [2.75, 3.05) is 0 Å². The van der Waals surface area contributed by atoms with Crippen LogP contribution in [0.3, 0.4) is 0 Å². The van der Waals surface area contributed by atoms with Crippen molar-refractivity contribution < 1.29 is 17.9 Å². The van der Waals surface area contributed by atoms with Gasteiger partial charge in [-0.1, -0.05) is 19.1 Å². The van der Waals surface area contributed by atoms with Gasteiger partial charge in [-0.05, 0) is 18.6 Å². The monoisotopic (exact) mass is 258 g/mol. The van der Waals surface area contributed by atoms with Crippen LogP contribution in [0.15, 0.2) is 24.3 Å². The zero-order valence-electron chi connectivity index (χ0n) is 9.74. The third-order valence-electron chi connectivity index (χ3n) is 2.44. The smallest absolute Gasteiger partial charge is 0.426 e. The molecule has 0 radical (unpaired) electrons. The lowest BCUT2D eigenvalue weighted by Crippen LogP contribution is -2.48. The predicted molar refractivity (Wildman–Crippen MR) is 59.9 cm³/mol. The van der Waals surface area contributed by atoms with Crippen LogP contribution < -0.4 is 10.5 Å². The lowest BCUT2D eigenvalue weighted by molar-refractivity contribution is -0.200. The van der Waals surface area contributed by atoms with Crippen LogP contribution in [0.2, 0.25) is 0 Å². The molecule has 0 spiro atoms. The van der Waals surface area contributed by atoms with Crippen molar-refractivity contribution in [1.29, 1.82) is 5.26 Å². The van der Waals surface area contributed by atoms with E-state index in [0.717, 1.165) is 0 Å². The summed E-state index contributed by atoms with van der Waals surface area (Å²) in [5.41, 5.74) is 5.47. The van der Waals surface area contributed by atoms with Gasteiger partial charge in [-0.3, -0.25) is 0 Å². The van der Waals surface area contributed by atoms with Gasteiger partial charge in [-0.25, -0.2) is 0 Å². The quantitative estimate of drug-likeness (QED) is 0.903. The van der Waals surface area contributed by atoms with Gasteiger partial charge in [0.15, 0.2) is 0 Å². The second kappa shape index (κ2) is 5.74. The minimum Gasteiger partial charge on any atom is -0.478 e. The summed E-state index contributed by atoms with van der Waals surface area (Å²) >= 11 is 0. The number of nitrogens with zero attached hydrogens (tertiary/aromatic N) is 1. The second-order valence-electron chi connectivity index (χ2n) is 3.76. The van der Waals surface area contributed by atoms with Gasteiger partial charge in [0.05, 0.1) is 11.6 Å². The van der Waals surface area contributed by atoms with Crippen molar-refractivity contribution in [3.05, 3.63) is 29.8 Å². The van der Waals surface area contributed by atoms with Gasteiger partial charge in [0.1, 0.15) is 11.8 Å². The Kier molecular flexibility index (Phi) is 4.56. The Morgan fingerprint density at radius 2 is 2.00 bits per heavy atom. The molecule has 3 nitrogen and oxygen atoms in total. The van der Waals surface area contributed by atoms with Crippen molar-refractivity contribution >= 4 is 0 Å². The van der Waals surface area contributed by atoms with Gasteiger partial charge in [-0.2, -0.15) is 18.4 Å². The Bertz CT molecular complexity index is 440. The third kappa shape index (κ3) is 3.37. The molecule has 1 rings (SSSR count). The van der Waals surface area contributed by atoms with Gasteiger partial charge in [0.2, 0.25) is 6.10 Å². The van der Waals surface area contributed by atoms with Crippen LogP contribution in [0.5, 0.6) is 5.75 Å². The first-order valence-electron chi connectivity index (χ1n) is 5.38. The molecule has 0 bridgehead atoms. The van der Waals surface area contributed by atoms with Gasteiger partial charge in [0, 0.05) is 0 Å². The maximum Gasteiger partial charge on any atom is 0.426 e. The summed E-state index contributed by atoms with van der Waals surface area (Å²) in [6, 6.07) is 6.37. The van der Waals surface area contributed by atoms with Crippen LogP contribution in [0.1, 0.15) is 18.9 Å². The molecule has 0 aliphatic carbocycles. The Balaban J connectivity index is 3.01. The first kappa shape index (κ1) is 14.3. The first-order valence-corrected chi connectivity index (χ1v) is 5.38. The van der Waals surface area contributed by atoms with E-state index in [-0.39, 0.29) is 17.7 Å². The largest absolute Gasteiger partial charge is 0.478 e. The molecule has 0 fully saturated rings. The molecule has 2 unspecified atom stereocenters. The number of benzene rings is 1. The normalized spacial score (nSPS) is 14.7. The van der Waals surface area contributed by atoms with Crippen LogP contribution in [0.25, 0.3) is 0 Å². The van der Waals surface area contributed by atoms with E-state index in [1.165, 1.54) is 18.2 Å². The fourth-order valence-electron chi connectivity index (χ4n) is 1.41. The number of nitriles is 1. The van der Waals surface area contributed by atoms with Gasteiger partial charge < -0.3 is 10.5 Å². The zero-order chi connectivity index (χ0) is 13.8. The van der Waals surface area contributed by atoms with E-state index < -0.39 is 18.3 Å². The van der Waals surface area contributed by atoms with Crippen LogP contribution in [-0.4, -0.2) is 18.3 Å². The maximum atomic E-state index is 12.8. The van der Waals surface area contributed by atoms with Crippen LogP contribution in [-0.2, 0) is 0 Å². The minimum atomic E-state index is -4.57.